The first-order chi connectivity index (χ1) is 12.2. The molecule has 2 fully saturated rings. The van der Waals surface area contributed by atoms with Gasteiger partial charge in [0.05, 0.1) is 18.6 Å². The molecule has 1 aliphatic heterocycles. The van der Waals surface area contributed by atoms with E-state index in [0.717, 1.165) is 0 Å². The Morgan fingerprint density at radius 1 is 1.32 bits per heavy atom. The van der Waals surface area contributed by atoms with Crippen molar-refractivity contribution in [2.75, 3.05) is 12.4 Å². The van der Waals surface area contributed by atoms with Crippen LogP contribution in [0.3, 0.4) is 0 Å². The van der Waals surface area contributed by atoms with E-state index >= 15 is 0 Å². The van der Waals surface area contributed by atoms with E-state index < -0.39 is 0 Å². The minimum atomic E-state index is -0.302. The van der Waals surface area contributed by atoms with Crippen molar-refractivity contribution in [2.45, 2.75) is 38.7 Å². The predicted octanol–water partition coefficient (Wildman–Crippen LogP) is 3.48. The second-order valence-corrected chi connectivity index (χ2v) is 7.32. The fourth-order valence-electron chi connectivity index (χ4n) is 2.98. The molecule has 0 unspecified atom stereocenters. The van der Waals surface area contributed by atoms with Crippen molar-refractivity contribution in [3.05, 3.63) is 35.1 Å². The van der Waals surface area contributed by atoms with Gasteiger partial charge in [0.15, 0.2) is 5.17 Å². The maximum atomic E-state index is 14.2. The van der Waals surface area contributed by atoms with Crippen molar-refractivity contribution in [2.24, 2.45) is 16.1 Å². The van der Waals surface area contributed by atoms with E-state index in [1.807, 2.05) is 0 Å². The highest BCUT2D eigenvalue weighted by Gasteiger charge is 2.16. The van der Waals surface area contributed by atoms with Crippen LogP contribution in [0.25, 0.3) is 0 Å². The lowest BCUT2D eigenvalue weighted by atomic mass is 9.90. The Labute approximate surface area is 151 Å². The van der Waals surface area contributed by atoms with Crippen LogP contribution in [0.1, 0.15) is 43.2 Å². The van der Waals surface area contributed by atoms with Gasteiger partial charge in [-0.15, -0.1) is 5.10 Å². The van der Waals surface area contributed by atoms with E-state index in [-0.39, 0.29) is 11.7 Å². The number of benzene rings is 1. The Hall–Kier alpha value is -1.73. The van der Waals surface area contributed by atoms with E-state index in [9.17, 15) is 9.18 Å². The summed E-state index contributed by atoms with van der Waals surface area (Å²) < 4.78 is 19.9. The molecule has 1 aromatic rings. The maximum Gasteiger partial charge on any atom is 0.236 e. The molecule has 7 heteroatoms. The van der Waals surface area contributed by atoms with Crippen molar-refractivity contribution in [3.8, 4) is 0 Å². The molecule has 0 radical (unpaired) electrons. The second-order valence-electron chi connectivity index (χ2n) is 6.36. The molecule has 0 aromatic heterocycles. The average Bonchev–Trinajstić information content (AvgIpc) is 3.03. The van der Waals surface area contributed by atoms with Gasteiger partial charge in [0, 0.05) is 12.2 Å². The SMILES string of the molecule is O=C1CSC(=NN=Cc2ccc(COCC3CCCCC3)c(F)c2)N1. The highest BCUT2D eigenvalue weighted by Crippen LogP contribution is 2.24. The number of amidine groups is 1. The quantitative estimate of drug-likeness (QED) is 0.622. The minimum absolute atomic E-state index is 0.0809. The summed E-state index contributed by atoms with van der Waals surface area (Å²) in [5.74, 6) is 0.598. The van der Waals surface area contributed by atoms with Crippen molar-refractivity contribution in [1.82, 2.24) is 5.32 Å². The zero-order valence-corrected chi connectivity index (χ0v) is 14.9. The molecule has 3 rings (SSSR count). The third-order valence-corrected chi connectivity index (χ3v) is 5.22. The summed E-state index contributed by atoms with van der Waals surface area (Å²) in [6, 6.07) is 4.92. The number of carbonyl (C=O) groups excluding carboxylic acids is 1. The van der Waals surface area contributed by atoms with Gasteiger partial charge in [-0.25, -0.2) is 4.39 Å². The molecule has 1 saturated heterocycles. The molecule has 0 spiro atoms. The number of rotatable bonds is 6. The summed E-state index contributed by atoms with van der Waals surface area (Å²) in [7, 11) is 0. The van der Waals surface area contributed by atoms with Crippen molar-refractivity contribution >= 4 is 29.1 Å². The van der Waals surface area contributed by atoms with Crippen LogP contribution in [0.15, 0.2) is 28.4 Å². The maximum absolute atomic E-state index is 14.2. The summed E-state index contributed by atoms with van der Waals surface area (Å²) in [6.45, 7) is 1.01. The van der Waals surface area contributed by atoms with Gasteiger partial charge in [-0.05, 0) is 30.4 Å². The van der Waals surface area contributed by atoms with Crippen molar-refractivity contribution in [3.63, 3.8) is 0 Å². The van der Waals surface area contributed by atoms with Crippen LogP contribution in [-0.4, -0.2) is 29.6 Å². The van der Waals surface area contributed by atoms with Gasteiger partial charge in [0.2, 0.25) is 5.91 Å². The minimum Gasteiger partial charge on any atom is -0.376 e. The van der Waals surface area contributed by atoms with E-state index in [4.69, 9.17) is 4.74 Å². The number of nitrogens with zero attached hydrogens (tertiary/aromatic N) is 2. The fraction of sp³-hybridized carbons (Fsp3) is 0.500. The Morgan fingerprint density at radius 2 is 2.16 bits per heavy atom. The summed E-state index contributed by atoms with van der Waals surface area (Å²) in [5.41, 5.74) is 1.17. The number of halogens is 1. The number of thioether (sulfide) groups is 1. The third kappa shape index (κ3) is 5.64. The van der Waals surface area contributed by atoms with Crippen LogP contribution in [0.5, 0.6) is 0 Å². The largest absolute Gasteiger partial charge is 0.376 e. The lowest BCUT2D eigenvalue weighted by molar-refractivity contribution is -0.116. The Balaban J connectivity index is 1.49. The topological polar surface area (TPSA) is 63.0 Å². The van der Waals surface area contributed by atoms with Crippen LogP contribution < -0.4 is 5.32 Å². The van der Waals surface area contributed by atoms with Crippen LogP contribution >= 0.6 is 11.8 Å². The van der Waals surface area contributed by atoms with Gasteiger partial charge in [-0.2, -0.15) is 5.10 Å². The normalized spacial score (nSPS) is 20.5. The average molecular weight is 363 g/mol. The highest BCUT2D eigenvalue weighted by molar-refractivity contribution is 8.15. The molecule has 0 bridgehead atoms. The van der Waals surface area contributed by atoms with E-state index in [1.54, 1.807) is 12.1 Å². The number of hydrogen-bond acceptors (Lipinski definition) is 5. The third-order valence-electron chi connectivity index (χ3n) is 4.35. The van der Waals surface area contributed by atoms with Gasteiger partial charge in [0.25, 0.3) is 0 Å². The molecular formula is C18H22FN3O2S. The number of amides is 1. The Bertz CT molecular complexity index is 672. The number of ether oxygens (including phenoxy) is 1. The fourth-order valence-corrected chi connectivity index (χ4v) is 3.61. The van der Waals surface area contributed by atoms with E-state index in [2.05, 4.69) is 15.5 Å². The van der Waals surface area contributed by atoms with Crippen LogP contribution in [0.4, 0.5) is 4.39 Å². The molecule has 25 heavy (non-hydrogen) atoms. The molecule has 1 saturated carbocycles. The first-order valence-corrected chi connectivity index (χ1v) is 9.59. The van der Waals surface area contributed by atoms with E-state index in [0.29, 0.717) is 41.2 Å². The van der Waals surface area contributed by atoms with Gasteiger partial charge in [0.1, 0.15) is 5.82 Å². The van der Waals surface area contributed by atoms with Crippen LogP contribution in [-0.2, 0) is 16.1 Å². The second kappa shape index (κ2) is 9.10. The first-order valence-electron chi connectivity index (χ1n) is 8.60. The molecule has 1 amide bonds. The number of carbonyl (C=O) groups is 1. The molecule has 1 aliphatic carbocycles. The predicted molar refractivity (Wildman–Crippen MR) is 98.3 cm³/mol. The summed E-state index contributed by atoms with van der Waals surface area (Å²) in [5, 5.41) is 10.8. The molecule has 0 atom stereocenters. The number of nitrogens with one attached hydrogen (secondary N) is 1. The molecule has 1 N–H and O–H groups in total. The molecule has 2 aliphatic rings. The molecule has 1 aromatic carbocycles. The highest BCUT2D eigenvalue weighted by atomic mass is 32.2. The van der Waals surface area contributed by atoms with Crippen LogP contribution in [0.2, 0.25) is 0 Å². The zero-order valence-electron chi connectivity index (χ0n) is 14.0. The van der Waals surface area contributed by atoms with E-state index in [1.165, 1.54) is 56.1 Å². The standard InChI is InChI=1S/C18H22FN3O2S/c19-16-8-14(9-20-22-18-21-17(23)12-25-18)6-7-15(16)11-24-10-13-4-2-1-3-5-13/h6-9,13H,1-5,10-12H2,(H,21,22,23). The van der Waals surface area contributed by atoms with Gasteiger partial charge in [-0.3, -0.25) is 4.79 Å². The lowest BCUT2D eigenvalue weighted by Crippen LogP contribution is -2.19. The van der Waals surface area contributed by atoms with Gasteiger partial charge in [-0.1, -0.05) is 43.2 Å². The lowest BCUT2D eigenvalue weighted by Gasteiger charge is -2.21. The smallest absolute Gasteiger partial charge is 0.236 e. The Kier molecular flexibility index (Phi) is 6.58. The van der Waals surface area contributed by atoms with Gasteiger partial charge < -0.3 is 10.1 Å². The molecular weight excluding hydrogens is 341 g/mol. The summed E-state index contributed by atoms with van der Waals surface area (Å²) >= 11 is 1.30. The molecule has 134 valence electrons. The summed E-state index contributed by atoms with van der Waals surface area (Å²) in [6.07, 6.45) is 7.79. The van der Waals surface area contributed by atoms with Crippen LogP contribution in [0, 0.1) is 11.7 Å². The summed E-state index contributed by atoms with van der Waals surface area (Å²) in [4.78, 5) is 11.0. The first kappa shape index (κ1) is 18.1. The molecule has 1 heterocycles. The van der Waals surface area contributed by atoms with Crippen molar-refractivity contribution < 1.29 is 13.9 Å². The monoisotopic (exact) mass is 363 g/mol. The molecule has 5 nitrogen and oxygen atoms in total. The van der Waals surface area contributed by atoms with Crippen molar-refractivity contribution in [1.29, 1.82) is 0 Å². The number of hydrogen-bond donors (Lipinski definition) is 1. The Morgan fingerprint density at radius 3 is 2.88 bits per heavy atom. The zero-order chi connectivity index (χ0) is 17.5. The van der Waals surface area contributed by atoms with Gasteiger partial charge >= 0.3 is 0 Å².